The van der Waals surface area contributed by atoms with Gasteiger partial charge in [-0.1, -0.05) is 35.3 Å². The Kier molecular flexibility index (Phi) is 7.23. The minimum absolute atomic E-state index is 0.279. The van der Waals surface area contributed by atoms with Crippen LogP contribution in [0.3, 0.4) is 0 Å². The van der Waals surface area contributed by atoms with Gasteiger partial charge in [0.15, 0.2) is 5.11 Å². The zero-order valence-electron chi connectivity index (χ0n) is 20.2. The Hall–Kier alpha value is -3.31. The number of ether oxygens (including phenoxy) is 1. The van der Waals surface area contributed by atoms with Crippen molar-refractivity contribution in [2.24, 2.45) is 0 Å². The fourth-order valence-corrected chi connectivity index (χ4v) is 5.70. The van der Waals surface area contributed by atoms with Gasteiger partial charge in [0, 0.05) is 17.4 Å². The topological polar surface area (TPSA) is 96.7 Å². The number of hydrogen-bond acceptors (Lipinski definition) is 6. The minimum atomic E-state index is -3.57. The van der Waals surface area contributed by atoms with Crippen LogP contribution in [0.25, 0.3) is 11.3 Å². The highest BCUT2D eigenvalue weighted by Gasteiger charge is 2.43. The summed E-state index contributed by atoms with van der Waals surface area (Å²) in [6.07, 6.45) is 2.78. The van der Waals surface area contributed by atoms with E-state index in [0.717, 1.165) is 11.9 Å². The van der Waals surface area contributed by atoms with Crippen molar-refractivity contribution < 1.29 is 17.6 Å². The number of furan rings is 1. The standard InChI is InChI=1S/C26H22Cl2N4O4S2/c1-35-21-10-9-15(14-19(21)31-38(2,33)34)32-25(24(30-26(32)37)18-8-3-4-13-29-18)22-12-11-20(36-22)16-6-5-7-17(27)23(16)28/h3-14,24-25,31H,1-2H3,(H,30,37). The molecule has 2 unspecified atom stereocenters. The maximum atomic E-state index is 12.0. The highest BCUT2D eigenvalue weighted by molar-refractivity contribution is 7.92. The van der Waals surface area contributed by atoms with Gasteiger partial charge in [0.05, 0.1) is 40.8 Å². The number of nitrogens with one attached hydrogen (secondary N) is 2. The Balaban J connectivity index is 1.63. The van der Waals surface area contributed by atoms with Gasteiger partial charge >= 0.3 is 0 Å². The highest BCUT2D eigenvalue weighted by Crippen LogP contribution is 2.45. The van der Waals surface area contributed by atoms with E-state index in [-0.39, 0.29) is 11.7 Å². The number of methoxy groups -OCH3 is 1. The Labute approximate surface area is 235 Å². The molecule has 12 heteroatoms. The van der Waals surface area contributed by atoms with Gasteiger partial charge in [-0.05, 0) is 66.8 Å². The van der Waals surface area contributed by atoms with Crippen LogP contribution in [-0.2, 0) is 10.0 Å². The summed E-state index contributed by atoms with van der Waals surface area (Å²) in [5, 5.41) is 4.58. The molecular weight excluding hydrogens is 567 g/mol. The molecule has 1 aliphatic rings. The predicted molar refractivity (Wildman–Crippen MR) is 154 cm³/mol. The summed E-state index contributed by atoms with van der Waals surface area (Å²) in [6, 6.07) is 19.0. The third-order valence-corrected chi connectivity index (χ3v) is 7.71. The molecule has 1 fully saturated rings. The molecule has 0 radical (unpaired) electrons. The van der Waals surface area contributed by atoms with Crippen molar-refractivity contribution >= 4 is 61.9 Å². The van der Waals surface area contributed by atoms with E-state index in [0.29, 0.717) is 43.7 Å². The van der Waals surface area contributed by atoms with Crippen LogP contribution in [0.2, 0.25) is 10.0 Å². The van der Waals surface area contributed by atoms with Gasteiger partial charge < -0.3 is 19.4 Å². The fraction of sp³-hybridized carbons (Fsp3) is 0.154. The fourth-order valence-electron chi connectivity index (χ4n) is 4.40. The van der Waals surface area contributed by atoms with E-state index in [1.165, 1.54) is 7.11 Å². The summed E-state index contributed by atoms with van der Waals surface area (Å²) in [6.45, 7) is 0. The molecule has 3 heterocycles. The summed E-state index contributed by atoms with van der Waals surface area (Å²) in [5.41, 5.74) is 2.31. The van der Waals surface area contributed by atoms with E-state index >= 15 is 0 Å². The predicted octanol–water partition coefficient (Wildman–Crippen LogP) is 6.21. The number of halogens is 2. The third-order valence-electron chi connectivity index (χ3n) is 5.99. The molecule has 38 heavy (non-hydrogen) atoms. The summed E-state index contributed by atoms with van der Waals surface area (Å²) in [5.74, 6) is 1.50. The first-order chi connectivity index (χ1) is 18.2. The number of thiocarbonyl (C=S) groups is 1. The Bertz CT molecular complexity index is 1610. The van der Waals surface area contributed by atoms with E-state index in [1.54, 1.807) is 36.5 Å². The molecular formula is C26H22Cl2N4O4S2. The van der Waals surface area contributed by atoms with E-state index in [9.17, 15) is 8.42 Å². The van der Waals surface area contributed by atoms with Crippen molar-refractivity contribution in [3.8, 4) is 17.1 Å². The number of nitrogens with zero attached hydrogens (tertiary/aromatic N) is 2. The smallest absolute Gasteiger partial charge is 0.229 e. The Morgan fingerprint density at radius 2 is 1.92 bits per heavy atom. The van der Waals surface area contributed by atoms with Crippen LogP contribution in [0.15, 0.2) is 77.3 Å². The van der Waals surface area contributed by atoms with Crippen LogP contribution in [0.5, 0.6) is 5.75 Å². The van der Waals surface area contributed by atoms with Gasteiger partial charge in [-0.2, -0.15) is 0 Å². The number of pyridine rings is 1. The van der Waals surface area contributed by atoms with Crippen LogP contribution < -0.4 is 19.7 Å². The first-order valence-electron chi connectivity index (χ1n) is 11.4. The molecule has 196 valence electrons. The van der Waals surface area contributed by atoms with Crippen LogP contribution in [0.4, 0.5) is 11.4 Å². The molecule has 5 rings (SSSR count). The van der Waals surface area contributed by atoms with Gasteiger partial charge in [0.2, 0.25) is 10.0 Å². The van der Waals surface area contributed by atoms with Crippen molar-refractivity contribution in [1.82, 2.24) is 10.3 Å². The second-order valence-electron chi connectivity index (χ2n) is 8.56. The highest BCUT2D eigenvalue weighted by atomic mass is 35.5. The zero-order valence-corrected chi connectivity index (χ0v) is 23.3. The molecule has 0 spiro atoms. The Morgan fingerprint density at radius 3 is 2.63 bits per heavy atom. The largest absolute Gasteiger partial charge is 0.495 e. The lowest BCUT2D eigenvalue weighted by Gasteiger charge is -2.27. The maximum absolute atomic E-state index is 12.0. The van der Waals surface area contributed by atoms with Gasteiger partial charge in [-0.15, -0.1) is 0 Å². The van der Waals surface area contributed by atoms with Crippen molar-refractivity contribution in [2.75, 3.05) is 23.0 Å². The van der Waals surface area contributed by atoms with Crippen molar-refractivity contribution in [3.05, 3.63) is 94.4 Å². The second kappa shape index (κ2) is 10.5. The molecule has 0 aliphatic carbocycles. The molecule has 0 amide bonds. The van der Waals surface area contributed by atoms with Crippen LogP contribution in [0, 0.1) is 0 Å². The van der Waals surface area contributed by atoms with Gasteiger partial charge in [-0.25, -0.2) is 8.42 Å². The van der Waals surface area contributed by atoms with Crippen molar-refractivity contribution in [2.45, 2.75) is 12.1 Å². The zero-order chi connectivity index (χ0) is 27.0. The van der Waals surface area contributed by atoms with Crippen molar-refractivity contribution in [3.63, 3.8) is 0 Å². The second-order valence-corrected chi connectivity index (χ2v) is 11.5. The number of aromatic nitrogens is 1. The molecule has 1 saturated heterocycles. The average molecular weight is 590 g/mol. The summed E-state index contributed by atoms with van der Waals surface area (Å²) >= 11 is 18.5. The van der Waals surface area contributed by atoms with Gasteiger partial charge in [-0.3, -0.25) is 9.71 Å². The normalized spacial score (nSPS) is 17.4. The summed E-state index contributed by atoms with van der Waals surface area (Å²) in [7, 11) is -2.10. The van der Waals surface area contributed by atoms with Crippen LogP contribution in [-0.4, -0.2) is 31.9 Å². The minimum Gasteiger partial charge on any atom is -0.495 e. The maximum Gasteiger partial charge on any atom is 0.229 e. The van der Waals surface area contributed by atoms with E-state index < -0.39 is 16.1 Å². The quantitative estimate of drug-likeness (QED) is 0.246. The first kappa shape index (κ1) is 26.3. The molecule has 1 aliphatic heterocycles. The molecule has 2 aromatic heterocycles. The monoisotopic (exact) mass is 588 g/mol. The lowest BCUT2D eigenvalue weighted by atomic mass is 10.0. The average Bonchev–Trinajstić information content (AvgIpc) is 3.50. The summed E-state index contributed by atoms with van der Waals surface area (Å²) < 4.78 is 38.3. The molecule has 8 nitrogen and oxygen atoms in total. The molecule has 2 atom stereocenters. The molecule has 0 bridgehead atoms. The lowest BCUT2D eigenvalue weighted by Crippen LogP contribution is -2.29. The SMILES string of the molecule is COc1ccc(N2C(=S)NC(c3ccccn3)C2c2ccc(-c3cccc(Cl)c3Cl)o2)cc1NS(C)(=O)=O. The molecule has 4 aromatic rings. The molecule has 2 N–H and O–H groups in total. The number of hydrogen-bond donors (Lipinski definition) is 2. The first-order valence-corrected chi connectivity index (χ1v) is 14.4. The Morgan fingerprint density at radius 1 is 1.11 bits per heavy atom. The van der Waals surface area contributed by atoms with E-state index in [4.69, 9.17) is 44.6 Å². The number of rotatable bonds is 7. The van der Waals surface area contributed by atoms with Crippen molar-refractivity contribution in [1.29, 1.82) is 0 Å². The van der Waals surface area contributed by atoms with E-state index in [2.05, 4.69) is 15.0 Å². The van der Waals surface area contributed by atoms with Crippen LogP contribution in [0.1, 0.15) is 23.5 Å². The van der Waals surface area contributed by atoms with Crippen LogP contribution >= 0.6 is 35.4 Å². The third kappa shape index (κ3) is 5.17. The molecule has 0 saturated carbocycles. The number of benzene rings is 2. The van der Waals surface area contributed by atoms with Gasteiger partial charge in [0.25, 0.3) is 0 Å². The van der Waals surface area contributed by atoms with E-state index in [1.807, 2.05) is 41.3 Å². The summed E-state index contributed by atoms with van der Waals surface area (Å²) in [4.78, 5) is 6.41. The number of anilines is 2. The number of sulfonamides is 1. The molecule has 2 aromatic carbocycles. The lowest BCUT2D eigenvalue weighted by molar-refractivity contribution is 0.416. The van der Waals surface area contributed by atoms with Gasteiger partial charge in [0.1, 0.15) is 23.3 Å².